The van der Waals surface area contributed by atoms with Gasteiger partial charge in [-0.3, -0.25) is 0 Å². The van der Waals surface area contributed by atoms with Crippen molar-refractivity contribution in [2.75, 3.05) is 5.32 Å². The lowest BCUT2D eigenvalue weighted by Crippen LogP contribution is -2.12. The lowest BCUT2D eigenvalue weighted by Gasteiger charge is -2.13. The summed E-state index contributed by atoms with van der Waals surface area (Å²) in [5, 5.41) is 11.3. The molecule has 2 N–H and O–H groups in total. The molecule has 0 bridgehead atoms. The fraction of sp³-hybridized carbons (Fsp3) is 0.154. The van der Waals surface area contributed by atoms with Gasteiger partial charge < -0.3 is 10.4 Å². The molecule has 0 aliphatic heterocycles. The Labute approximate surface area is 117 Å². The topological polar surface area (TPSA) is 75.1 Å². The van der Waals surface area contributed by atoms with E-state index in [0.717, 1.165) is 6.07 Å². The molecule has 2 rings (SSSR count). The van der Waals surface area contributed by atoms with E-state index in [0.29, 0.717) is 5.56 Å². The van der Waals surface area contributed by atoms with Crippen molar-refractivity contribution in [1.29, 1.82) is 0 Å². The van der Waals surface area contributed by atoms with E-state index in [1.54, 1.807) is 0 Å². The van der Waals surface area contributed by atoms with E-state index in [2.05, 4.69) is 15.3 Å². The molecule has 0 atom stereocenters. The molecule has 0 saturated carbocycles. The highest BCUT2D eigenvalue weighted by Gasteiger charge is 2.33. The molecule has 2 heterocycles. The standard InChI is InChI=1S/C13H10F3N3O2/c14-13(15,16)9-2-1-5-17-11(9)19-7-8-3-4-10(12(20)21)18-6-8/h1-6H,7H2,(H,17,19)(H,20,21). The third-order valence-corrected chi connectivity index (χ3v) is 2.62. The van der Waals surface area contributed by atoms with Crippen LogP contribution in [0.15, 0.2) is 36.7 Å². The summed E-state index contributed by atoms with van der Waals surface area (Å²) in [5.41, 5.74) is -0.452. The van der Waals surface area contributed by atoms with Gasteiger partial charge >= 0.3 is 12.1 Å². The molecule has 0 saturated heterocycles. The van der Waals surface area contributed by atoms with Crippen molar-refractivity contribution in [1.82, 2.24) is 9.97 Å². The van der Waals surface area contributed by atoms with Crippen LogP contribution < -0.4 is 5.32 Å². The number of halogens is 3. The number of rotatable bonds is 4. The van der Waals surface area contributed by atoms with Crippen LogP contribution in [0.2, 0.25) is 0 Å². The summed E-state index contributed by atoms with van der Waals surface area (Å²) in [6.45, 7) is 0.0486. The maximum absolute atomic E-state index is 12.8. The summed E-state index contributed by atoms with van der Waals surface area (Å²) in [6.07, 6.45) is -1.96. The van der Waals surface area contributed by atoms with Gasteiger partial charge in [-0.25, -0.2) is 14.8 Å². The van der Waals surface area contributed by atoms with Crippen LogP contribution in [0.25, 0.3) is 0 Å². The second-order valence-corrected chi connectivity index (χ2v) is 4.11. The summed E-state index contributed by atoms with van der Waals surface area (Å²) >= 11 is 0. The Hall–Kier alpha value is -2.64. The Balaban J connectivity index is 2.12. The lowest BCUT2D eigenvalue weighted by atomic mass is 10.2. The van der Waals surface area contributed by atoms with Gasteiger partial charge in [0.05, 0.1) is 5.56 Å². The smallest absolute Gasteiger partial charge is 0.419 e. The number of carboxylic acid groups (broad SMARTS) is 1. The summed E-state index contributed by atoms with van der Waals surface area (Å²) in [6, 6.07) is 4.89. The molecule has 5 nitrogen and oxygen atoms in total. The van der Waals surface area contributed by atoms with Crippen molar-refractivity contribution in [3.8, 4) is 0 Å². The number of nitrogens with zero attached hydrogens (tertiary/aromatic N) is 2. The summed E-state index contributed by atoms with van der Waals surface area (Å²) in [5.74, 6) is -1.45. The number of pyridine rings is 2. The van der Waals surface area contributed by atoms with Crippen LogP contribution in [0.3, 0.4) is 0 Å². The molecule has 8 heteroatoms. The Morgan fingerprint density at radius 3 is 2.57 bits per heavy atom. The van der Waals surface area contributed by atoms with Crippen molar-refractivity contribution in [3.05, 3.63) is 53.5 Å². The van der Waals surface area contributed by atoms with Crippen LogP contribution in [0.5, 0.6) is 0 Å². The van der Waals surface area contributed by atoms with Crippen LogP contribution in [0.1, 0.15) is 21.6 Å². The average molecular weight is 297 g/mol. The minimum absolute atomic E-state index is 0.0486. The van der Waals surface area contributed by atoms with Crippen molar-refractivity contribution < 1.29 is 23.1 Å². The monoisotopic (exact) mass is 297 g/mol. The fourth-order valence-corrected chi connectivity index (χ4v) is 1.62. The van der Waals surface area contributed by atoms with E-state index in [-0.39, 0.29) is 18.1 Å². The minimum atomic E-state index is -4.50. The molecule has 0 radical (unpaired) electrons. The van der Waals surface area contributed by atoms with Gasteiger partial charge in [-0.2, -0.15) is 13.2 Å². The number of carbonyl (C=O) groups is 1. The number of aromatic carboxylic acids is 1. The largest absolute Gasteiger partial charge is 0.477 e. The zero-order chi connectivity index (χ0) is 15.5. The first-order valence-electron chi connectivity index (χ1n) is 5.82. The van der Waals surface area contributed by atoms with Crippen LogP contribution in [0.4, 0.5) is 19.0 Å². The van der Waals surface area contributed by atoms with Crippen LogP contribution in [-0.4, -0.2) is 21.0 Å². The van der Waals surface area contributed by atoms with E-state index in [9.17, 15) is 18.0 Å². The van der Waals surface area contributed by atoms with E-state index in [4.69, 9.17) is 5.11 Å². The van der Waals surface area contributed by atoms with Crippen molar-refractivity contribution >= 4 is 11.8 Å². The molecule has 0 aliphatic carbocycles. The first-order valence-corrected chi connectivity index (χ1v) is 5.82. The number of carboxylic acids is 1. The molecule has 0 fully saturated rings. The summed E-state index contributed by atoms with van der Waals surface area (Å²) in [7, 11) is 0. The molecular formula is C13H10F3N3O2. The van der Waals surface area contributed by atoms with Gasteiger partial charge in [-0.1, -0.05) is 6.07 Å². The number of hydrogen-bond donors (Lipinski definition) is 2. The molecule has 2 aromatic heterocycles. The lowest BCUT2D eigenvalue weighted by molar-refractivity contribution is -0.137. The molecule has 21 heavy (non-hydrogen) atoms. The quantitative estimate of drug-likeness (QED) is 0.907. The maximum Gasteiger partial charge on any atom is 0.419 e. The Bertz CT molecular complexity index is 642. The van der Waals surface area contributed by atoms with Gasteiger partial charge in [0.2, 0.25) is 0 Å². The fourth-order valence-electron chi connectivity index (χ4n) is 1.62. The van der Waals surface area contributed by atoms with Gasteiger partial charge in [0.25, 0.3) is 0 Å². The molecule has 0 aliphatic rings. The molecule has 0 amide bonds. The van der Waals surface area contributed by atoms with Crippen LogP contribution in [-0.2, 0) is 12.7 Å². The molecule has 2 aromatic rings. The number of nitrogens with one attached hydrogen (secondary N) is 1. The highest BCUT2D eigenvalue weighted by Crippen LogP contribution is 2.33. The average Bonchev–Trinajstić information content (AvgIpc) is 2.45. The molecule has 0 spiro atoms. The number of aromatic nitrogens is 2. The predicted octanol–water partition coefficient (Wildman–Crippen LogP) is 2.81. The van der Waals surface area contributed by atoms with E-state index < -0.39 is 17.7 Å². The zero-order valence-electron chi connectivity index (χ0n) is 10.6. The SMILES string of the molecule is O=C(O)c1ccc(CNc2ncccc2C(F)(F)F)cn1. The highest BCUT2D eigenvalue weighted by molar-refractivity contribution is 5.85. The normalized spacial score (nSPS) is 11.2. The first kappa shape index (κ1) is 14.8. The Kier molecular flexibility index (Phi) is 4.06. The summed E-state index contributed by atoms with van der Waals surface area (Å²) < 4.78 is 38.3. The van der Waals surface area contributed by atoms with Gasteiger partial charge in [-0.15, -0.1) is 0 Å². The molecule has 0 aromatic carbocycles. The highest BCUT2D eigenvalue weighted by atomic mass is 19.4. The summed E-state index contributed by atoms with van der Waals surface area (Å²) in [4.78, 5) is 18.0. The second kappa shape index (κ2) is 5.78. The zero-order valence-corrected chi connectivity index (χ0v) is 10.6. The van der Waals surface area contributed by atoms with Gasteiger partial charge in [0, 0.05) is 18.9 Å². The predicted molar refractivity (Wildman–Crippen MR) is 67.8 cm³/mol. The van der Waals surface area contributed by atoms with Gasteiger partial charge in [-0.05, 0) is 23.8 Å². The molecular weight excluding hydrogens is 287 g/mol. The van der Waals surface area contributed by atoms with Gasteiger partial charge in [0.15, 0.2) is 0 Å². The van der Waals surface area contributed by atoms with E-state index >= 15 is 0 Å². The minimum Gasteiger partial charge on any atom is -0.477 e. The second-order valence-electron chi connectivity index (χ2n) is 4.11. The van der Waals surface area contributed by atoms with E-state index in [1.807, 2.05) is 0 Å². The first-order chi connectivity index (χ1) is 9.88. The third kappa shape index (κ3) is 3.68. The number of anilines is 1. The third-order valence-electron chi connectivity index (χ3n) is 2.62. The van der Waals surface area contributed by atoms with Crippen molar-refractivity contribution in [2.24, 2.45) is 0 Å². The Morgan fingerprint density at radius 2 is 2.00 bits per heavy atom. The number of hydrogen-bond acceptors (Lipinski definition) is 4. The van der Waals surface area contributed by atoms with Gasteiger partial charge in [0.1, 0.15) is 11.5 Å². The number of alkyl halides is 3. The Morgan fingerprint density at radius 1 is 1.24 bits per heavy atom. The van der Waals surface area contributed by atoms with E-state index in [1.165, 1.54) is 30.6 Å². The maximum atomic E-state index is 12.8. The van der Waals surface area contributed by atoms with Crippen LogP contribution >= 0.6 is 0 Å². The van der Waals surface area contributed by atoms with Crippen molar-refractivity contribution in [3.63, 3.8) is 0 Å². The van der Waals surface area contributed by atoms with Crippen LogP contribution in [0, 0.1) is 0 Å². The van der Waals surface area contributed by atoms with Crippen molar-refractivity contribution in [2.45, 2.75) is 12.7 Å². The molecule has 0 unspecified atom stereocenters. The molecule has 110 valence electrons.